The van der Waals surface area contributed by atoms with Crippen molar-refractivity contribution in [1.82, 2.24) is 25.2 Å². The van der Waals surface area contributed by atoms with Crippen LogP contribution in [0, 0.1) is 17.3 Å². The average Bonchev–Trinajstić information content (AvgIpc) is 4.09. The summed E-state index contributed by atoms with van der Waals surface area (Å²) in [6.45, 7) is 14.9. The van der Waals surface area contributed by atoms with E-state index in [4.69, 9.17) is 14.5 Å². The van der Waals surface area contributed by atoms with E-state index in [9.17, 15) is 32.7 Å². The number of aromatic nitrogens is 1. The van der Waals surface area contributed by atoms with Gasteiger partial charge < -0.3 is 30.1 Å². The molecule has 5 aliphatic rings. The summed E-state index contributed by atoms with van der Waals surface area (Å²) in [6, 6.07) is 3.50. The number of nitrogens with one attached hydrogen (secondary N) is 3. The number of alkyl carbamates (subject to hydrolysis) is 1. The van der Waals surface area contributed by atoms with Gasteiger partial charge in [0.25, 0.3) is 5.91 Å². The number of ether oxygens (including phenoxy) is 2. The van der Waals surface area contributed by atoms with Crippen LogP contribution in [0.3, 0.4) is 0 Å². The number of amides is 4. The van der Waals surface area contributed by atoms with Gasteiger partial charge in [-0.05, 0) is 86.8 Å². The number of pyridine rings is 1. The summed E-state index contributed by atoms with van der Waals surface area (Å²) in [5.74, 6) is -1.88. The van der Waals surface area contributed by atoms with Crippen molar-refractivity contribution in [3.63, 3.8) is 0 Å². The molecule has 0 unspecified atom stereocenters. The molecule has 3 heterocycles. The van der Waals surface area contributed by atoms with E-state index in [0.717, 1.165) is 37.7 Å². The first kappa shape index (κ1) is 40.8. The minimum atomic E-state index is -4.01. The highest BCUT2D eigenvalue weighted by molar-refractivity contribution is 7.91. The Morgan fingerprint density at radius 1 is 1.12 bits per heavy atom. The average molecular weight is 808 g/mol. The molecule has 2 bridgehead atoms. The molecular weight excluding hydrogens is 751 g/mol. The molecular formula is C42H57N5O9S. The maximum atomic E-state index is 14.7. The second-order valence-electron chi connectivity index (χ2n) is 18.5. The normalized spacial score (nSPS) is 30.1. The maximum Gasteiger partial charge on any atom is 0.408 e. The van der Waals surface area contributed by atoms with Crippen molar-refractivity contribution in [2.24, 2.45) is 17.3 Å². The molecule has 310 valence electrons. The summed E-state index contributed by atoms with van der Waals surface area (Å²) in [5.41, 5.74) is -0.256. The molecule has 2 aliphatic heterocycles. The van der Waals surface area contributed by atoms with Crippen LogP contribution in [-0.4, -0.2) is 88.3 Å². The Morgan fingerprint density at radius 3 is 2.51 bits per heavy atom. The largest absolute Gasteiger partial charge is 0.507 e. The van der Waals surface area contributed by atoms with Crippen molar-refractivity contribution in [3.8, 4) is 11.6 Å². The summed E-state index contributed by atoms with van der Waals surface area (Å²) in [4.78, 5) is 62.5. The molecule has 57 heavy (non-hydrogen) atoms. The number of nitrogens with zero attached hydrogens (tertiary/aromatic N) is 2. The van der Waals surface area contributed by atoms with Gasteiger partial charge in [-0.3, -0.25) is 19.1 Å². The highest BCUT2D eigenvalue weighted by Gasteiger charge is 2.63. The van der Waals surface area contributed by atoms with Crippen LogP contribution in [0.15, 0.2) is 30.9 Å². The molecule has 14 nitrogen and oxygen atoms in total. The third-order valence-electron chi connectivity index (χ3n) is 12.7. The summed E-state index contributed by atoms with van der Waals surface area (Å²) >= 11 is 0. The van der Waals surface area contributed by atoms with Crippen molar-refractivity contribution in [3.05, 3.63) is 42.0 Å². The molecule has 15 heteroatoms. The van der Waals surface area contributed by atoms with Crippen molar-refractivity contribution in [2.75, 3.05) is 6.54 Å². The molecule has 0 spiro atoms. The van der Waals surface area contributed by atoms with E-state index < -0.39 is 73.6 Å². The van der Waals surface area contributed by atoms with E-state index in [1.54, 1.807) is 27.7 Å². The van der Waals surface area contributed by atoms with Gasteiger partial charge in [0.1, 0.15) is 35.6 Å². The second-order valence-corrected chi connectivity index (χ2v) is 20.7. The first-order valence-electron chi connectivity index (χ1n) is 20.4. The molecule has 4 N–H and O–H groups in total. The number of rotatable bonds is 7. The summed E-state index contributed by atoms with van der Waals surface area (Å²) in [5, 5.41) is 17.9. The third kappa shape index (κ3) is 8.05. The van der Waals surface area contributed by atoms with Gasteiger partial charge in [-0.15, -0.1) is 6.58 Å². The first-order chi connectivity index (χ1) is 26.8. The van der Waals surface area contributed by atoms with Crippen LogP contribution < -0.4 is 20.1 Å². The van der Waals surface area contributed by atoms with Gasteiger partial charge in [-0.2, -0.15) is 0 Å². The molecule has 1 aromatic heterocycles. The molecule has 7 atom stereocenters. The molecule has 3 aliphatic carbocycles. The number of aromatic hydroxyl groups is 1. The number of benzene rings is 1. The quantitative estimate of drug-likeness (QED) is 0.273. The number of carbonyl (C=O) groups excluding carboxylic acids is 4. The summed E-state index contributed by atoms with van der Waals surface area (Å²) < 4.78 is 39.7. The van der Waals surface area contributed by atoms with Crippen LogP contribution in [0.25, 0.3) is 10.9 Å². The lowest BCUT2D eigenvalue weighted by Gasteiger charge is -2.35. The predicted octanol–water partition coefficient (Wildman–Crippen LogP) is 5.12. The first-order valence-corrected chi connectivity index (χ1v) is 21.9. The van der Waals surface area contributed by atoms with E-state index in [0.29, 0.717) is 35.7 Å². The SMILES string of the molecule is C=C[C@@H]1C[C@]1(NC(=O)[C@@H]1C[C@@H]2CN1C(=O)[C@H](C(C)(C)C)NC(=O)O[C@@H]1C[C@H]1CCCCCc1c(nc3cc(C(C)C)ccc3c1O)O2)C(=O)NS(=O)(=O)C1(C)CC1. The number of hydrogen-bond acceptors (Lipinski definition) is 10. The fourth-order valence-corrected chi connectivity index (χ4v) is 9.58. The van der Waals surface area contributed by atoms with Crippen molar-refractivity contribution >= 4 is 44.7 Å². The van der Waals surface area contributed by atoms with Crippen LogP contribution in [0.1, 0.15) is 116 Å². The van der Waals surface area contributed by atoms with Crippen LogP contribution in [0.2, 0.25) is 0 Å². The molecule has 2 aromatic rings. The molecule has 7 rings (SSSR count). The van der Waals surface area contributed by atoms with E-state index >= 15 is 0 Å². The van der Waals surface area contributed by atoms with Crippen LogP contribution >= 0.6 is 0 Å². The molecule has 4 amide bonds. The zero-order chi connectivity index (χ0) is 41.2. The van der Waals surface area contributed by atoms with Crippen LogP contribution in [0.4, 0.5) is 4.79 Å². The van der Waals surface area contributed by atoms with E-state index in [1.165, 1.54) is 11.0 Å². The van der Waals surface area contributed by atoms with Crippen molar-refractivity contribution in [2.45, 2.75) is 146 Å². The standard InChI is InChI=1S/C42H57N5O9S/c1-8-26-21-42(26,38(51)46-57(53,54)41(7)16-17-41)45-35(49)31-20-27-22-47(31)37(50)34(40(4,5)6)44-39(52)56-32-19-25(32)12-10-9-11-13-29-33(48)28-15-14-24(23(2)3)18-30(28)43-36(29)55-27/h8,14-15,18,23,25-27,31-32,34H,1,9-13,16-17,19-22H2,2-7H3,(H,43,48)(H,44,52)(H,45,49)(H,46,51)/t25-,26-,27-,31+,32-,34-,42-/m1/s1. The Hall–Kier alpha value is -4.40. The van der Waals surface area contributed by atoms with Gasteiger partial charge in [0.05, 0.1) is 22.4 Å². The Balaban J connectivity index is 1.24. The lowest BCUT2D eigenvalue weighted by molar-refractivity contribution is -0.142. The molecule has 4 fully saturated rings. The maximum absolute atomic E-state index is 14.7. The lowest BCUT2D eigenvalue weighted by atomic mass is 9.85. The third-order valence-corrected chi connectivity index (χ3v) is 14.9. The van der Waals surface area contributed by atoms with Gasteiger partial charge in [-0.1, -0.05) is 59.6 Å². The summed E-state index contributed by atoms with van der Waals surface area (Å²) in [7, 11) is -4.01. The van der Waals surface area contributed by atoms with Crippen molar-refractivity contribution in [1.29, 1.82) is 0 Å². The van der Waals surface area contributed by atoms with E-state index in [2.05, 4.69) is 35.8 Å². The number of carbonyl (C=O) groups is 4. The molecule has 1 saturated heterocycles. The Morgan fingerprint density at radius 2 is 1.86 bits per heavy atom. The van der Waals surface area contributed by atoms with Gasteiger partial charge in [0, 0.05) is 17.7 Å². The van der Waals surface area contributed by atoms with Gasteiger partial charge in [-0.25, -0.2) is 18.2 Å². The molecule has 1 aromatic carbocycles. The number of fused-ring (bicyclic) bond motifs is 5. The van der Waals surface area contributed by atoms with Crippen LogP contribution in [-0.2, 0) is 35.6 Å². The fraction of sp³-hybridized carbons (Fsp3) is 0.643. The highest BCUT2D eigenvalue weighted by atomic mass is 32.2. The van der Waals surface area contributed by atoms with Crippen LogP contribution in [0.5, 0.6) is 11.6 Å². The van der Waals surface area contributed by atoms with Crippen molar-refractivity contribution < 1.29 is 42.2 Å². The smallest absolute Gasteiger partial charge is 0.408 e. The number of sulfonamides is 1. The minimum absolute atomic E-state index is 0.0125. The highest BCUT2D eigenvalue weighted by Crippen LogP contribution is 2.47. The number of hydrogen-bond donors (Lipinski definition) is 4. The van der Waals surface area contributed by atoms with E-state index in [-0.39, 0.29) is 49.0 Å². The monoisotopic (exact) mass is 807 g/mol. The van der Waals surface area contributed by atoms with Gasteiger partial charge >= 0.3 is 6.09 Å². The molecule has 0 radical (unpaired) electrons. The van der Waals surface area contributed by atoms with E-state index in [1.807, 2.05) is 18.2 Å². The van der Waals surface area contributed by atoms with Gasteiger partial charge in [0.2, 0.25) is 27.7 Å². The second kappa shape index (κ2) is 14.8. The van der Waals surface area contributed by atoms with Gasteiger partial charge in [0.15, 0.2) is 0 Å². The Labute approximate surface area is 334 Å². The zero-order valence-electron chi connectivity index (χ0n) is 33.9. The zero-order valence-corrected chi connectivity index (χ0v) is 34.7. The molecule has 3 saturated carbocycles. The Bertz CT molecular complexity index is 2090. The predicted molar refractivity (Wildman–Crippen MR) is 213 cm³/mol. The minimum Gasteiger partial charge on any atom is -0.507 e. The fourth-order valence-electron chi connectivity index (χ4n) is 8.27. The lowest BCUT2D eigenvalue weighted by Crippen LogP contribution is -2.60. The summed E-state index contributed by atoms with van der Waals surface area (Å²) in [6.07, 6.45) is 5.36. The Kier molecular flexibility index (Phi) is 10.6. The topological polar surface area (TPSA) is 193 Å².